The third-order valence-corrected chi connectivity index (χ3v) is 12.5. The number of ether oxygens (including phenoxy) is 2. The predicted octanol–water partition coefficient (Wildman–Crippen LogP) is 5.69. The van der Waals surface area contributed by atoms with Crippen LogP contribution in [-0.4, -0.2) is 26.2 Å². The number of esters is 2. The van der Waals surface area contributed by atoms with Crippen molar-refractivity contribution in [2.45, 2.75) is 0 Å². The number of methoxy groups -OCH3 is 2. The zero-order valence-electron chi connectivity index (χ0n) is 27.3. The number of benzene rings is 6. The maximum Gasteiger partial charge on any atom is 0.384 e. The van der Waals surface area contributed by atoms with Gasteiger partial charge in [-0.1, -0.05) is 109 Å². The third-order valence-electron chi connectivity index (χ3n) is 7.01. The van der Waals surface area contributed by atoms with Crippen molar-refractivity contribution in [1.82, 2.24) is 0 Å². The molecule has 6 rings (SSSR count). The van der Waals surface area contributed by atoms with Crippen LogP contribution in [0.5, 0.6) is 0 Å². The molecule has 4 nitrogen and oxygen atoms in total. The summed E-state index contributed by atoms with van der Waals surface area (Å²) in [6, 6.07) is 65.0. The average Bonchev–Trinajstić information content (AvgIpc) is 3.17. The molecule has 0 atom stereocenters. The van der Waals surface area contributed by atoms with Gasteiger partial charge in [0.25, 0.3) is 0 Å². The van der Waals surface area contributed by atoms with Crippen LogP contribution in [0.4, 0.5) is 0 Å². The van der Waals surface area contributed by atoms with Gasteiger partial charge in [-0.05, 0) is 72.8 Å². The van der Waals surface area contributed by atoms with Crippen LogP contribution in [-0.2, 0) is 39.5 Å². The molecule has 7 heteroatoms. The van der Waals surface area contributed by atoms with Gasteiger partial charge in [-0.15, -0.1) is 0 Å². The van der Waals surface area contributed by atoms with Crippen molar-refractivity contribution in [3.63, 3.8) is 0 Å². The summed E-state index contributed by atoms with van der Waals surface area (Å²) in [5.74, 6) is 2.28. The van der Waals surface area contributed by atoms with Gasteiger partial charge in [-0.2, -0.15) is 0 Å². The Morgan fingerprint density at radius 1 is 0.367 bits per heavy atom. The summed E-state index contributed by atoms with van der Waals surface area (Å²) in [5.41, 5.74) is 0. The molecule has 49 heavy (non-hydrogen) atoms. The number of carbonyl (C=O) groups is 2. The maximum atomic E-state index is 10.2. The number of rotatable bonds is 6. The molecule has 248 valence electrons. The standard InChI is InChI=1S/2C18H15P.C6H6O4.Pd/c2*1-4-10-16(11-5-1)19(17-12-6-2-7-13-17)18-14-8-3-9-15-18;1-9-5(7)3-4-6(8)10-2;/h2*1-15H;1-2H3;/p+2. The Morgan fingerprint density at radius 3 is 0.673 bits per heavy atom. The van der Waals surface area contributed by atoms with Crippen LogP contribution < -0.4 is 31.8 Å². The first-order valence-corrected chi connectivity index (χ1v) is 18.3. The van der Waals surface area contributed by atoms with E-state index in [1.54, 1.807) is 0 Å². The molecule has 0 aliphatic heterocycles. The molecule has 0 radical (unpaired) electrons. The van der Waals surface area contributed by atoms with Crippen LogP contribution >= 0.6 is 15.8 Å². The van der Waals surface area contributed by atoms with Gasteiger partial charge in [0.15, 0.2) is 0 Å². The van der Waals surface area contributed by atoms with Crippen molar-refractivity contribution in [2.75, 3.05) is 14.2 Å². The Bertz CT molecular complexity index is 1540. The molecule has 0 N–H and O–H groups in total. The van der Waals surface area contributed by atoms with Crippen LogP contribution in [0, 0.1) is 11.8 Å². The second-order valence-corrected chi connectivity index (χ2v) is 15.1. The Balaban J connectivity index is 0.000000208. The molecule has 0 bridgehead atoms. The van der Waals surface area contributed by atoms with E-state index in [1.807, 2.05) is 11.8 Å². The summed E-state index contributed by atoms with van der Waals surface area (Å²) in [6.07, 6.45) is 0. The van der Waals surface area contributed by atoms with E-state index in [2.05, 4.69) is 191 Å². The Hall–Kier alpha value is -4.66. The van der Waals surface area contributed by atoms with Gasteiger partial charge in [-0.3, -0.25) is 0 Å². The Labute approximate surface area is 305 Å². The molecule has 0 aliphatic carbocycles. The summed E-state index contributed by atoms with van der Waals surface area (Å²) < 4.78 is 8.25. The van der Waals surface area contributed by atoms with Gasteiger partial charge in [-0.25, -0.2) is 9.59 Å². The fourth-order valence-corrected chi connectivity index (χ4v) is 9.99. The molecule has 0 saturated heterocycles. The summed E-state index contributed by atoms with van der Waals surface area (Å²) in [7, 11) is 0.595. The van der Waals surface area contributed by atoms with E-state index in [0.29, 0.717) is 0 Å². The van der Waals surface area contributed by atoms with Crippen LogP contribution in [0.3, 0.4) is 0 Å². The Kier molecular flexibility index (Phi) is 17.5. The normalized spacial score (nSPS) is 9.63. The molecular formula is C42H38O4P2Pd+2. The summed E-state index contributed by atoms with van der Waals surface area (Å²) in [5, 5.41) is 8.61. The number of hydrogen-bond acceptors (Lipinski definition) is 4. The number of carbonyl (C=O) groups excluding carboxylic acids is 2. The molecule has 0 aliphatic rings. The van der Waals surface area contributed by atoms with Gasteiger partial charge in [0.2, 0.25) is 0 Å². The molecule has 0 unspecified atom stereocenters. The van der Waals surface area contributed by atoms with E-state index in [-0.39, 0.29) is 20.4 Å². The van der Waals surface area contributed by atoms with Gasteiger partial charge in [0.05, 0.1) is 30.1 Å². The van der Waals surface area contributed by atoms with E-state index in [9.17, 15) is 9.59 Å². The quantitative estimate of drug-likeness (QED) is 0.0719. The summed E-state index contributed by atoms with van der Waals surface area (Å²) >= 11 is 0. The van der Waals surface area contributed by atoms with Crippen molar-refractivity contribution in [3.8, 4) is 11.8 Å². The average molecular weight is 775 g/mol. The fraction of sp³-hybridized carbons (Fsp3) is 0.0476. The minimum atomic E-state index is -0.877. The van der Waals surface area contributed by atoms with Crippen LogP contribution in [0.15, 0.2) is 182 Å². The van der Waals surface area contributed by atoms with Crippen LogP contribution in [0.2, 0.25) is 0 Å². The first-order chi connectivity index (χ1) is 23.6. The van der Waals surface area contributed by atoms with Gasteiger partial charge < -0.3 is 9.47 Å². The monoisotopic (exact) mass is 774 g/mol. The van der Waals surface area contributed by atoms with Crippen molar-refractivity contribution < 1.29 is 39.5 Å². The summed E-state index contributed by atoms with van der Waals surface area (Å²) in [6.45, 7) is 0. The number of hydrogen-bond donors (Lipinski definition) is 0. The van der Waals surface area contributed by atoms with Crippen molar-refractivity contribution >= 4 is 59.6 Å². The first-order valence-electron chi connectivity index (χ1n) is 15.3. The molecule has 0 fully saturated rings. The fourth-order valence-electron chi connectivity index (χ4n) is 4.83. The largest absolute Gasteiger partial charge is 0.459 e. The molecule has 6 aromatic carbocycles. The van der Waals surface area contributed by atoms with E-state index in [4.69, 9.17) is 0 Å². The maximum absolute atomic E-state index is 10.2. The zero-order chi connectivity index (χ0) is 33.8. The van der Waals surface area contributed by atoms with Crippen LogP contribution in [0.1, 0.15) is 0 Å². The van der Waals surface area contributed by atoms with Gasteiger partial charge in [0.1, 0.15) is 31.8 Å². The molecule has 6 aromatic rings. The van der Waals surface area contributed by atoms with Gasteiger partial charge in [0, 0.05) is 32.3 Å². The van der Waals surface area contributed by atoms with Gasteiger partial charge >= 0.3 is 11.9 Å². The topological polar surface area (TPSA) is 52.6 Å². The predicted molar refractivity (Wildman–Crippen MR) is 205 cm³/mol. The van der Waals surface area contributed by atoms with Crippen molar-refractivity contribution in [1.29, 1.82) is 0 Å². The smallest absolute Gasteiger partial charge is 0.384 e. The van der Waals surface area contributed by atoms with Crippen LogP contribution in [0.25, 0.3) is 0 Å². The molecule has 0 heterocycles. The second-order valence-electron chi connectivity index (χ2n) is 10.2. The summed E-state index contributed by atoms with van der Waals surface area (Å²) in [4.78, 5) is 20.5. The molecule has 0 saturated carbocycles. The van der Waals surface area contributed by atoms with Crippen molar-refractivity contribution in [2.24, 2.45) is 0 Å². The molecule has 0 aromatic heterocycles. The van der Waals surface area contributed by atoms with E-state index in [1.165, 1.54) is 46.0 Å². The van der Waals surface area contributed by atoms with E-state index in [0.717, 1.165) is 0 Å². The molecule has 0 amide bonds. The minimum absolute atomic E-state index is 0. The SMILES string of the molecule is COC(=O)C#CC(=O)OC.[Pd].c1ccc([PH+](c2ccccc2)c2ccccc2)cc1.c1ccc([PH+](c2ccccc2)c2ccccc2)cc1. The molecule has 0 spiro atoms. The van der Waals surface area contributed by atoms with E-state index < -0.39 is 27.8 Å². The molecular weight excluding hydrogens is 737 g/mol. The van der Waals surface area contributed by atoms with Crippen molar-refractivity contribution in [3.05, 3.63) is 182 Å². The Morgan fingerprint density at radius 2 is 0.531 bits per heavy atom. The first kappa shape index (κ1) is 38.8. The zero-order valence-corrected chi connectivity index (χ0v) is 30.8. The van der Waals surface area contributed by atoms with E-state index >= 15 is 0 Å². The second kappa shape index (κ2) is 22.1. The third kappa shape index (κ3) is 12.7. The minimum Gasteiger partial charge on any atom is -0.459 e.